The van der Waals surface area contributed by atoms with Gasteiger partial charge >= 0.3 is 5.97 Å². The maximum Gasteiger partial charge on any atom is 0.325 e. The molecule has 2 aromatic heterocycles. The molecule has 8 nitrogen and oxygen atoms in total. The van der Waals surface area contributed by atoms with Crippen molar-refractivity contribution in [3.63, 3.8) is 0 Å². The number of ether oxygens (including phenoxy) is 1. The van der Waals surface area contributed by atoms with E-state index in [1.54, 1.807) is 6.07 Å². The molecule has 0 aliphatic heterocycles. The minimum absolute atomic E-state index is 0.0159. The van der Waals surface area contributed by atoms with Gasteiger partial charge in [-0.1, -0.05) is 28.6 Å². The lowest BCUT2D eigenvalue weighted by molar-refractivity contribution is -0.139. The van der Waals surface area contributed by atoms with E-state index in [-0.39, 0.29) is 18.1 Å². The van der Waals surface area contributed by atoms with Crippen molar-refractivity contribution >= 4 is 44.2 Å². The van der Waals surface area contributed by atoms with Crippen LogP contribution in [0.1, 0.15) is 10.6 Å². The summed E-state index contributed by atoms with van der Waals surface area (Å²) in [6.07, 6.45) is 0. The first-order valence-corrected chi connectivity index (χ1v) is 9.59. The number of anilines is 2. The fourth-order valence-electron chi connectivity index (χ4n) is 2.63. The van der Waals surface area contributed by atoms with Crippen molar-refractivity contribution < 1.29 is 23.2 Å². The summed E-state index contributed by atoms with van der Waals surface area (Å²) in [7, 11) is 1.23. The number of carbonyl (C=O) groups excluding carboxylic acids is 2. The number of esters is 1. The molecule has 0 aliphatic carbocycles. The Kier molecular flexibility index (Phi) is 5.40. The zero-order valence-corrected chi connectivity index (χ0v) is 16.5. The third-order valence-electron chi connectivity index (χ3n) is 4.14. The molecule has 0 saturated heterocycles. The molecule has 1 amide bonds. The van der Waals surface area contributed by atoms with Crippen molar-refractivity contribution in [1.29, 1.82) is 0 Å². The van der Waals surface area contributed by atoms with Crippen LogP contribution in [0.4, 0.5) is 15.2 Å². The summed E-state index contributed by atoms with van der Waals surface area (Å²) in [4.78, 5) is 27.5. The Balaban J connectivity index is 1.43. The zero-order chi connectivity index (χ0) is 21.1. The third-order valence-corrected chi connectivity index (χ3v) is 5.07. The van der Waals surface area contributed by atoms with Crippen molar-refractivity contribution in [3.05, 3.63) is 60.1 Å². The molecular formula is C20H15FN4O4S. The van der Waals surface area contributed by atoms with Crippen LogP contribution in [0.3, 0.4) is 0 Å². The Morgan fingerprint density at radius 3 is 2.73 bits per heavy atom. The predicted octanol–water partition coefficient (Wildman–Crippen LogP) is 3.74. The van der Waals surface area contributed by atoms with Crippen molar-refractivity contribution in [1.82, 2.24) is 15.5 Å². The average molecular weight is 426 g/mol. The van der Waals surface area contributed by atoms with Crippen molar-refractivity contribution in [3.8, 4) is 11.3 Å². The number of aromatic nitrogens is 2. The molecule has 0 saturated carbocycles. The molecule has 0 unspecified atom stereocenters. The highest BCUT2D eigenvalue weighted by Crippen LogP contribution is 2.29. The van der Waals surface area contributed by atoms with Gasteiger partial charge in [0, 0.05) is 17.3 Å². The maximum absolute atomic E-state index is 13.3. The Morgan fingerprint density at radius 2 is 1.97 bits per heavy atom. The van der Waals surface area contributed by atoms with Gasteiger partial charge in [-0.15, -0.1) is 0 Å². The van der Waals surface area contributed by atoms with Gasteiger partial charge in [-0.25, -0.2) is 9.37 Å². The molecule has 4 rings (SSSR count). The first-order chi connectivity index (χ1) is 14.5. The summed E-state index contributed by atoms with van der Waals surface area (Å²) in [6, 6.07) is 13.2. The number of carbonyl (C=O) groups is 2. The Morgan fingerprint density at radius 1 is 1.17 bits per heavy atom. The highest BCUT2D eigenvalue weighted by atomic mass is 32.1. The number of halogens is 1. The van der Waals surface area contributed by atoms with Crippen LogP contribution < -0.4 is 10.6 Å². The van der Waals surface area contributed by atoms with E-state index in [1.807, 2.05) is 24.3 Å². The van der Waals surface area contributed by atoms with E-state index >= 15 is 0 Å². The number of methoxy groups -OCH3 is 1. The Bertz CT molecular complexity index is 1220. The number of rotatable bonds is 6. The summed E-state index contributed by atoms with van der Waals surface area (Å²) in [5.41, 5.74) is 2.72. The predicted molar refractivity (Wildman–Crippen MR) is 109 cm³/mol. The summed E-state index contributed by atoms with van der Waals surface area (Å²) in [5.74, 6) is -1.44. The molecule has 10 heteroatoms. The number of amides is 1. The second-order valence-electron chi connectivity index (χ2n) is 6.17. The van der Waals surface area contributed by atoms with E-state index in [1.165, 1.54) is 36.6 Å². The molecule has 2 heterocycles. The summed E-state index contributed by atoms with van der Waals surface area (Å²) in [6.45, 7) is -0.260. The normalized spacial score (nSPS) is 10.7. The van der Waals surface area contributed by atoms with E-state index < -0.39 is 11.9 Å². The van der Waals surface area contributed by atoms with Crippen molar-refractivity contribution in [2.45, 2.75) is 0 Å². The molecule has 152 valence electrons. The van der Waals surface area contributed by atoms with E-state index in [0.717, 1.165) is 21.5 Å². The lowest BCUT2D eigenvalue weighted by Gasteiger charge is -2.03. The van der Waals surface area contributed by atoms with Gasteiger partial charge in [-0.3, -0.25) is 9.59 Å². The third kappa shape index (κ3) is 4.28. The van der Waals surface area contributed by atoms with Crippen molar-refractivity contribution in [2.75, 3.05) is 19.0 Å². The number of nitrogens with zero attached hydrogens (tertiary/aromatic N) is 2. The maximum atomic E-state index is 13.3. The molecule has 0 atom stereocenters. The van der Waals surface area contributed by atoms with Gasteiger partial charge < -0.3 is 19.9 Å². The van der Waals surface area contributed by atoms with Gasteiger partial charge in [0.1, 0.15) is 18.1 Å². The molecule has 0 fully saturated rings. The fourth-order valence-corrected chi connectivity index (χ4v) is 3.54. The monoisotopic (exact) mass is 426 g/mol. The SMILES string of the molecule is COC(=O)CNC(=O)c1cc(-c2ccc(Nc3nc4ccc(F)cc4s3)cc2)no1. The smallest absolute Gasteiger partial charge is 0.325 e. The van der Waals surface area contributed by atoms with Gasteiger partial charge in [0.25, 0.3) is 5.91 Å². The standard InChI is InChI=1S/C20H15FN4O4S/c1-28-18(26)10-22-19(27)16-9-15(25-29-16)11-2-5-13(6-3-11)23-20-24-14-7-4-12(21)8-17(14)30-20/h2-9H,10H2,1H3,(H,22,27)(H,23,24). The molecule has 2 N–H and O–H groups in total. The topological polar surface area (TPSA) is 106 Å². The molecule has 0 spiro atoms. The van der Waals surface area contributed by atoms with Gasteiger partial charge in [-0.2, -0.15) is 0 Å². The van der Waals surface area contributed by atoms with Crippen LogP contribution in [0.5, 0.6) is 0 Å². The van der Waals surface area contributed by atoms with Crippen LogP contribution in [-0.2, 0) is 9.53 Å². The Labute approximate surface area is 173 Å². The van der Waals surface area contributed by atoms with Crippen LogP contribution in [0.15, 0.2) is 53.1 Å². The average Bonchev–Trinajstić information content (AvgIpc) is 3.39. The molecule has 0 aliphatic rings. The fraction of sp³-hybridized carbons (Fsp3) is 0.100. The number of fused-ring (bicyclic) bond motifs is 1. The number of hydrogen-bond acceptors (Lipinski definition) is 8. The summed E-state index contributed by atoms with van der Waals surface area (Å²) < 4.78 is 23.6. The molecule has 0 radical (unpaired) electrons. The van der Waals surface area contributed by atoms with E-state index in [9.17, 15) is 14.0 Å². The van der Waals surface area contributed by atoms with Crippen LogP contribution >= 0.6 is 11.3 Å². The van der Waals surface area contributed by atoms with E-state index in [2.05, 4.69) is 25.5 Å². The van der Waals surface area contributed by atoms with Crippen molar-refractivity contribution in [2.24, 2.45) is 0 Å². The van der Waals surface area contributed by atoms with Gasteiger partial charge in [0.05, 0.1) is 17.3 Å². The lowest BCUT2D eigenvalue weighted by Crippen LogP contribution is -2.29. The lowest BCUT2D eigenvalue weighted by atomic mass is 10.1. The number of thiazole rings is 1. The number of nitrogens with one attached hydrogen (secondary N) is 2. The van der Waals surface area contributed by atoms with Gasteiger partial charge in [0.2, 0.25) is 5.76 Å². The zero-order valence-electron chi connectivity index (χ0n) is 15.6. The molecule has 0 bridgehead atoms. The first kappa shape index (κ1) is 19.5. The number of benzene rings is 2. The highest BCUT2D eigenvalue weighted by molar-refractivity contribution is 7.22. The highest BCUT2D eigenvalue weighted by Gasteiger charge is 2.15. The molecule has 30 heavy (non-hydrogen) atoms. The molecular weight excluding hydrogens is 411 g/mol. The summed E-state index contributed by atoms with van der Waals surface area (Å²) >= 11 is 1.35. The second-order valence-corrected chi connectivity index (χ2v) is 7.20. The quantitative estimate of drug-likeness (QED) is 0.453. The minimum Gasteiger partial charge on any atom is -0.468 e. The van der Waals surface area contributed by atoms with Gasteiger partial charge in [-0.05, 0) is 30.3 Å². The Hall–Kier alpha value is -3.79. The van der Waals surface area contributed by atoms with Crippen LogP contribution in [0.25, 0.3) is 21.5 Å². The van der Waals surface area contributed by atoms with E-state index in [4.69, 9.17) is 4.52 Å². The second kappa shape index (κ2) is 8.29. The molecule has 2 aromatic carbocycles. The van der Waals surface area contributed by atoms with E-state index in [0.29, 0.717) is 10.8 Å². The van der Waals surface area contributed by atoms with Gasteiger partial charge in [0.15, 0.2) is 5.13 Å². The first-order valence-electron chi connectivity index (χ1n) is 8.77. The summed E-state index contributed by atoms with van der Waals surface area (Å²) in [5, 5.41) is 10.1. The van der Waals surface area contributed by atoms with Crippen LogP contribution in [-0.4, -0.2) is 35.7 Å². The van der Waals surface area contributed by atoms with Crippen LogP contribution in [0.2, 0.25) is 0 Å². The largest absolute Gasteiger partial charge is 0.468 e. The molecule has 4 aromatic rings. The number of hydrogen-bond donors (Lipinski definition) is 2. The van der Waals surface area contributed by atoms with Crippen LogP contribution in [0, 0.1) is 5.82 Å². The minimum atomic E-state index is -0.565.